The molecule has 1 heterocycles. The first kappa shape index (κ1) is 20.4. The molecule has 0 radical (unpaired) electrons. The number of nitrogens with one attached hydrogen (secondary N) is 2. The van der Waals surface area contributed by atoms with E-state index in [0.717, 1.165) is 6.42 Å². The van der Waals surface area contributed by atoms with Crippen molar-refractivity contribution in [3.63, 3.8) is 0 Å². The summed E-state index contributed by atoms with van der Waals surface area (Å²) in [6, 6.07) is -0.708. The molecule has 1 aliphatic carbocycles. The SMILES string of the molecule is CC[C@@H]1C=C[C@H]2[C@@H](C(=O)N(CCO)[C@@H]2C(=O)NC(C)(C)C)[C@@H]1C(=O)NC. The van der Waals surface area contributed by atoms with Crippen LogP contribution in [-0.2, 0) is 14.4 Å². The van der Waals surface area contributed by atoms with Gasteiger partial charge in [0, 0.05) is 25.0 Å². The van der Waals surface area contributed by atoms with Crippen molar-refractivity contribution < 1.29 is 19.5 Å². The Labute approximate surface area is 155 Å². The molecule has 26 heavy (non-hydrogen) atoms. The van der Waals surface area contributed by atoms with Gasteiger partial charge in [0.1, 0.15) is 6.04 Å². The van der Waals surface area contributed by atoms with Crippen LogP contribution in [0, 0.1) is 23.7 Å². The van der Waals surface area contributed by atoms with Gasteiger partial charge >= 0.3 is 0 Å². The molecule has 0 aromatic heterocycles. The Hall–Kier alpha value is -1.89. The van der Waals surface area contributed by atoms with Crippen molar-refractivity contribution in [1.82, 2.24) is 15.5 Å². The summed E-state index contributed by atoms with van der Waals surface area (Å²) in [5.74, 6) is -2.14. The minimum absolute atomic E-state index is 0.0412. The third kappa shape index (κ3) is 3.77. The van der Waals surface area contributed by atoms with Gasteiger partial charge in [-0.15, -0.1) is 0 Å². The van der Waals surface area contributed by atoms with Crippen LogP contribution in [0.2, 0.25) is 0 Å². The average molecular weight is 365 g/mol. The fourth-order valence-electron chi connectivity index (χ4n) is 4.20. The van der Waals surface area contributed by atoms with E-state index in [9.17, 15) is 19.5 Å². The summed E-state index contributed by atoms with van der Waals surface area (Å²) in [6.07, 6.45) is 4.62. The van der Waals surface area contributed by atoms with Gasteiger partial charge in [0.05, 0.1) is 18.4 Å². The topological polar surface area (TPSA) is 98.7 Å². The number of carbonyl (C=O) groups excluding carboxylic acids is 3. The van der Waals surface area contributed by atoms with Crippen molar-refractivity contribution in [2.75, 3.05) is 20.2 Å². The van der Waals surface area contributed by atoms with E-state index in [2.05, 4.69) is 10.6 Å². The summed E-state index contributed by atoms with van der Waals surface area (Å²) in [7, 11) is 1.57. The minimum atomic E-state index is -0.708. The van der Waals surface area contributed by atoms with Crippen molar-refractivity contribution in [1.29, 1.82) is 0 Å². The molecule has 1 saturated heterocycles. The maximum absolute atomic E-state index is 13.1. The number of fused-ring (bicyclic) bond motifs is 1. The van der Waals surface area contributed by atoms with Crippen LogP contribution in [0.4, 0.5) is 0 Å². The van der Waals surface area contributed by atoms with E-state index in [1.165, 1.54) is 4.90 Å². The molecule has 2 rings (SSSR count). The maximum atomic E-state index is 13.1. The van der Waals surface area contributed by atoms with Crippen LogP contribution >= 0.6 is 0 Å². The zero-order valence-corrected chi connectivity index (χ0v) is 16.3. The quantitative estimate of drug-likeness (QED) is 0.610. The van der Waals surface area contributed by atoms with Crippen LogP contribution in [0.25, 0.3) is 0 Å². The minimum Gasteiger partial charge on any atom is -0.395 e. The predicted molar refractivity (Wildman–Crippen MR) is 97.9 cm³/mol. The number of amides is 3. The number of β-amino-alcohol motifs (C(OH)–C–C–N with tert-alkyl or cyclic N) is 1. The van der Waals surface area contributed by atoms with Gasteiger partial charge in [0.25, 0.3) is 0 Å². The van der Waals surface area contributed by atoms with Gasteiger partial charge in [-0.2, -0.15) is 0 Å². The Bertz CT molecular complexity index is 596. The van der Waals surface area contributed by atoms with E-state index in [1.807, 2.05) is 39.8 Å². The summed E-state index contributed by atoms with van der Waals surface area (Å²) in [5, 5.41) is 15.0. The zero-order chi connectivity index (χ0) is 19.6. The van der Waals surface area contributed by atoms with Gasteiger partial charge in [-0.25, -0.2) is 0 Å². The van der Waals surface area contributed by atoms with Gasteiger partial charge in [-0.05, 0) is 33.1 Å². The second-order valence-corrected chi connectivity index (χ2v) is 8.14. The van der Waals surface area contributed by atoms with Crippen LogP contribution in [-0.4, -0.2) is 59.5 Å². The smallest absolute Gasteiger partial charge is 0.243 e. The highest BCUT2D eigenvalue weighted by atomic mass is 16.3. The second kappa shape index (κ2) is 7.78. The van der Waals surface area contributed by atoms with Crippen molar-refractivity contribution >= 4 is 17.7 Å². The number of nitrogens with zero attached hydrogens (tertiary/aromatic N) is 1. The van der Waals surface area contributed by atoms with Crippen LogP contribution < -0.4 is 10.6 Å². The summed E-state index contributed by atoms with van der Waals surface area (Å²) in [4.78, 5) is 40.0. The highest BCUT2D eigenvalue weighted by Crippen LogP contribution is 2.44. The predicted octanol–water partition coefficient (Wildman–Crippen LogP) is 0.295. The molecule has 0 aromatic carbocycles. The lowest BCUT2D eigenvalue weighted by Crippen LogP contribution is -2.53. The Balaban J connectivity index is 2.44. The second-order valence-electron chi connectivity index (χ2n) is 8.14. The Kier molecular flexibility index (Phi) is 6.11. The first-order valence-electron chi connectivity index (χ1n) is 9.29. The van der Waals surface area contributed by atoms with Gasteiger partial charge in [-0.3, -0.25) is 14.4 Å². The number of aliphatic hydroxyl groups is 1. The van der Waals surface area contributed by atoms with Gasteiger partial charge < -0.3 is 20.6 Å². The summed E-state index contributed by atoms with van der Waals surface area (Å²) in [5.41, 5.74) is -0.437. The number of hydrogen-bond donors (Lipinski definition) is 3. The number of likely N-dealkylation sites (tertiary alicyclic amines) is 1. The van der Waals surface area contributed by atoms with Crippen molar-refractivity contribution in [2.45, 2.75) is 45.7 Å². The third-order valence-corrected chi connectivity index (χ3v) is 5.24. The molecule has 0 unspecified atom stereocenters. The van der Waals surface area contributed by atoms with E-state index in [0.29, 0.717) is 0 Å². The monoisotopic (exact) mass is 365 g/mol. The summed E-state index contributed by atoms with van der Waals surface area (Å²) >= 11 is 0. The molecule has 3 amide bonds. The molecule has 0 spiro atoms. The number of aliphatic hydroxyl groups excluding tert-OH is 1. The Morgan fingerprint density at radius 1 is 1.23 bits per heavy atom. The molecular formula is C19H31N3O4. The van der Waals surface area contributed by atoms with E-state index < -0.39 is 23.4 Å². The molecule has 1 aliphatic heterocycles. The molecule has 3 N–H and O–H groups in total. The lowest BCUT2D eigenvalue weighted by Gasteiger charge is -2.34. The molecule has 0 aromatic rings. The van der Waals surface area contributed by atoms with E-state index >= 15 is 0 Å². The lowest BCUT2D eigenvalue weighted by atomic mass is 9.68. The Morgan fingerprint density at radius 2 is 1.88 bits per heavy atom. The average Bonchev–Trinajstić information content (AvgIpc) is 2.84. The highest BCUT2D eigenvalue weighted by molar-refractivity contribution is 5.96. The molecule has 7 heteroatoms. The van der Waals surface area contributed by atoms with E-state index in [4.69, 9.17) is 0 Å². The van der Waals surface area contributed by atoms with Gasteiger partial charge in [0.15, 0.2) is 0 Å². The van der Waals surface area contributed by atoms with Gasteiger partial charge in [-0.1, -0.05) is 19.1 Å². The maximum Gasteiger partial charge on any atom is 0.243 e. The normalized spacial score (nSPS) is 30.9. The van der Waals surface area contributed by atoms with Crippen molar-refractivity contribution in [2.24, 2.45) is 23.7 Å². The van der Waals surface area contributed by atoms with Gasteiger partial charge in [0.2, 0.25) is 17.7 Å². The van der Waals surface area contributed by atoms with Crippen LogP contribution in [0.3, 0.4) is 0 Å². The molecule has 0 saturated carbocycles. The fourth-order valence-corrected chi connectivity index (χ4v) is 4.20. The molecule has 5 atom stereocenters. The van der Waals surface area contributed by atoms with E-state index in [1.54, 1.807) is 7.05 Å². The summed E-state index contributed by atoms with van der Waals surface area (Å²) < 4.78 is 0. The molecule has 2 aliphatic rings. The zero-order valence-electron chi connectivity index (χ0n) is 16.3. The van der Waals surface area contributed by atoms with Crippen molar-refractivity contribution in [3.05, 3.63) is 12.2 Å². The fraction of sp³-hybridized carbons (Fsp3) is 0.737. The molecule has 0 bridgehead atoms. The van der Waals surface area contributed by atoms with Crippen molar-refractivity contribution in [3.8, 4) is 0 Å². The van der Waals surface area contributed by atoms with Crippen LogP contribution in [0.1, 0.15) is 34.1 Å². The standard InChI is InChI=1S/C19H31N3O4/c1-6-11-7-8-12-14(13(11)16(24)20-5)18(26)22(9-10-23)15(12)17(25)21-19(2,3)4/h7-8,11-15,23H,6,9-10H2,1-5H3,(H,20,24)(H,21,25)/t11-,12+,13-,14-,15+/m1/s1. The van der Waals surface area contributed by atoms with Crippen LogP contribution in [0.15, 0.2) is 12.2 Å². The number of allylic oxidation sites excluding steroid dienone is 1. The largest absolute Gasteiger partial charge is 0.395 e. The summed E-state index contributed by atoms with van der Waals surface area (Å²) in [6.45, 7) is 7.49. The lowest BCUT2D eigenvalue weighted by molar-refractivity contribution is -0.141. The molecule has 146 valence electrons. The number of carbonyl (C=O) groups is 3. The first-order chi connectivity index (χ1) is 12.2. The van der Waals surface area contributed by atoms with E-state index in [-0.39, 0.29) is 42.7 Å². The third-order valence-electron chi connectivity index (χ3n) is 5.24. The Morgan fingerprint density at radius 3 is 2.38 bits per heavy atom. The molecule has 7 nitrogen and oxygen atoms in total. The first-order valence-corrected chi connectivity index (χ1v) is 9.29. The molecule has 1 fully saturated rings. The highest BCUT2D eigenvalue weighted by Gasteiger charge is 2.56. The molecular weight excluding hydrogens is 334 g/mol. The number of hydrogen-bond acceptors (Lipinski definition) is 4. The van der Waals surface area contributed by atoms with Crippen LogP contribution in [0.5, 0.6) is 0 Å². The number of rotatable bonds is 5.